The molecule has 0 fully saturated rings. The van der Waals surface area contributed by atoms with Crippen LogP contribution in [0.15, 0.2) is 82.2 Å². The highest BCUT2D eigenvalue weighted by atomic mass is 79.9. The van der Waals surface area contributed by atoms with Crippen molar-refractivity contribution in [3.63, 3.8) is 0 Å². The Kier molecular flexibility index (Phi) is 6.20. The molecule has 4 aromatic rings. The first-order valence-corrected chi connectivity index (χ1v) is 12.3. The molecule has 1 aromatic heterocycles. The van der Waals surface area contributed by atoms with E-state index in [0.29, 0.717) is 27.4 Å². The van der Waals surface area contributed by atoms with E-state index in [0.717, 1.165) is 15.8 Å². The zero-order chi connectivity index (χ0) is 22.9. The van der Waals surface area contributed by atoms with Gasteiger partial charge in [0.25, 0.3) is 5.91 Å². The van der Waals surface area contributed by atoms with Crippen molar-refractivity contribution >= 4 is 48.9 Å². The summed E-state index contributed by atoms with van der Waals surface area (Å²) in [5.41, 5.74) is 2.35. The standard InChI is InChI=1S/C22H15BrFN3O3S2/c23-15-5-9-17(10-6-15)26-21(28)22-27-19(13-3-11-18(12-4-13)32(25,29)30)20(31-22)14-1-7-16(24)8-2-14/h1-12H,(H,26,28)(H2,25,29,30). The fourth-order valence-corrected chi connectivity index (χ4v) is 4.70. The molecule has 0 saturated carbocycles. The number of nitrogens with zero attached hydrogens (tertiary/aromatic N) is 1. The van der Waals surface area contributed by atoms with Crippen molar-refractivity contribution in [2.45, 2.75) is 4.90 Å². The topological polar surface area (TPSA) is 102 Å². The van der Waals surface area contributed by atoms with Crippen LogP contribution in [-0.4, -0.2) is 19.3 Å². The Bertz CT molecular complexity index is 1390. The molecule has 0 spiro atoms. The first kappa shape index (κ1) is 22.3. The number of sulfonamides is 1. The van der Waals surface area contributed by atoms with Crippen LogP contribution in [0, 0.1) is 5.82 Å². The Hall–Kier alpha value is -2.92. The van der Waals surface area contributed by atoms with Crippen molar-refractivity contribution in [1.82, 2.24) is 4.98 Å². The maximum absolute atomic E-state index is 13.4. The second-order valence-corrected chi connectivity index (χ2v) is 10.2. The molecule has 0 aliphatic heterocycles. The number of anilines is 1. The normalized spacial score (nSPS) is 11.3. The summed E-state index contributed by atoms with van der Waals surface area (Å²) >= 11 is 4.50. The number of hydrogen-bond acceptors (Lipinski definition) is 5. The molecule has 0 atom stereocenters. The van der Waals surface area contributed by atoms with E-state index in [-0.39, 0.29) is 15.7 Å². The molecule has 0 unspecified atom stereocenters. The Morgan fingerprint density at radius 3 is 2.12 bits per heavy atom. The number of nitrogens with two attached hydrogens (primary N) is 1. The SMILES string of the molecule is NS(=O)(=O)c1ccc(-c2nc(C(=O)Nc3ccc(Br)cc3)sc2-c2ccc(F)cc2)cc1. The molecule has 0 aliphatic rings. The molecule has 1 amide bonds. The molecule has 0 aliphatic carbocycles. The highest BCUT2D eigenvalue weighted by Gasteiger charge is 2.20. The molecule has 3 aromatic carbocycles. The minimum atomic E-state index is -3.84. The number of primary sulfonamides is 1. The van der Waals surface area contributed by atoms with Crippen LogP contribution < -0.4 is 10.5 Å². The lowest BCUT2D eigenvalue weighted by atomic mass is 10.1. The smallest absolute Gasteiger partial charge is 0.284 e. The molecule has 6 nitrogen and oxygen atoms in total. The number of halogens is 2. The maximum Gasteiger partial charge on any atom is 0.284 e. The number of amides is 1. The summed E-state index contributed by atoms with van der Waals surface area (Å²) in [6.45, 7) is 0. The third-order valence-corrected chi connectivity index (χ3v) is 7.05. The van der Waals surface area contributed by atoms with Gasteiger partial charge in [-0.05, 0) is 54.1 Å². The molecule has 1 heterocycles. The van der Waals surface area contributed by atoms with E-state index in [1.165, 1.54) is 24.3 Å². The Balaban J connectivity index is 1.75. The van der Waals surface area contributed by atoms with Crippen LogP contribution >= 0.6 is 27.3 Å². The number of nitrogens with one attached hydrogen (secondary N) is 1. The van der Waals surface area contributed by atoms with Gasteiger partial charge in [0, 0.05) is 15.7 Å². The zero-order valence-corrected chi connectivity index (χ0v) is 19.5. The predicted octanol–water partition coefficient (Wildman–Crippen LogP) is 5.28. The Morgan fingerprint density at radius 2 is 1.53 bits per heavy atom. The van der Waals surface area contributed by atoms with Crippen molar-refractivity contribution in [1.29, 1.82) is 0 Å². The fourth-order valence-electron chi connectivity index (χ4n) is 2.93. The van der Waals surface area contributed by atoms with E-state index in [2.05, 4.69) is 26.2 Å². The summed E-state index contributed by atoms with van der Waals surface area (Å²) in [5.74, 6) is -0.779. The van der Waals surface area contributed by atoms with Crippen LogP contribution in [0.3, 0.4) is 0 Å². The molecule has 4 rings (SSSR count). The Labute approximate surface area is 196 Å². The lowest BCUT2D eigenvalue weighted by Gasteiger charge is -2.04. The van der Waals surface area contributed by atoms with Gasteiger partial charge in [0.05, 0.1) is 15.5 Å². The van der Waals surface area contributed by atoms with E-state index in [1.54, 1.807) is 48.5 Å². The van der Waals surface area contributed by atoms with Gasteiger partial charge in [-0.1, -0.05) is 40.2 Å². The van der Waals surface area contributed by atoms with Gasteiger partial charge in [0.2, 0.25) is 10.0 Å². The van der Waals surface area contributed by atoms with Gasteiger partial charge in [-0.15, -0.1) is 11.3 Å². The molecule has 0 radical (unpaired) electrons. The number of hydrogen-bond donors (Lipinski definition) is 2. The molecule has 32 heavy (non-hydrogen) atoms. The summed E-state index contributed by atoms with van der Waals surface area (Å²) in [7, 11) is -3.84. The van der Waals surface area contributed by atoms with Gasteiger partial charge in [-0.25, -0.2) is 22.9 Å². The summed E-state index contributed by atoms with van der Waals surface area (Å²) in [6, 6.07) is 18.8. The second kappa shape index (κ2) is 8.91. The summed E-state index contributed by atoms with van der Waals surface area (Å²) in [6.07, 6.45) is 0. The monoisotopic (exact) mass is 531 g/mol. The molecule has 0 bridgehead atoms. The lowest BCUT2D eigenvalue weighted by Crippen LogP contribution is -2.12. The number of carbonyl (C=O) groups excluding carboxylic acids is 1. The van der Waals surface area contributed by atoms with Gasteiger partial charge in [0.1, 0.15) is 5.82 Å². The second-order valence-electron chi connectivity index (χ2n) is 6.73. The van der Waals surface area contributed by atoms with Gasteiger partial charge < -0.3 is 5.32 Å². The van der Waals surface area contributed by atoms with E-state index in [9.17, 15) is 17.6 Å². The van der Waals surface area contributed by atoms with Gasteiger partial charge in [-0.3, -0.25) is 4.79 Å². The first-order valence-electron chi connectivity index (χ1n) is 9.17. The third kappa shape index (κ3) is 4.94. The molecule has 0 saturated heterocycles. The van der Waals surface area contributed by atoms with Crippen LogP contribution in [0.5, 0.6) is 0 Å². The van der Waals surface area contributed by atoms with E-state index >= 15 is 0 Å². The highest BCUT2D eigenvalue weighted by Crippen LogP contribution is 2.37. The van der Waals surface area contributed by atoms with Crippen LogP contribution in [-0.2, 0) is 10.0 Å². The zero-order valence-electron chi connectivity index (χ0n) is 16.2. The minimum Gasteiger partial charge on any atom is -0.320 e. The number of thiazole rings is 1. The van der Waals surface area contributed by atoms with E-state index < -0.39 is 15.9 Å². The van der Waals surface area contributed by atoms with Gasteiger partial charge >= 0.3 is 0 Å². The third-order valence-electron chi connectivity index (χ3n) is 4.49. The lowest BCUT2D eigenvalue weighted by molar-refractivity contribution is 0.102. The fraction of sp³-hybridized carbons (Fsp3) is 0. The van der Waals surface area contributed by atoms with Crippen molar-refractivity contribution in [2.75, 3.05) is 5.32 Å². The quantitative estimate of drug-likeness (QED) is 0.365. The Morgan fingerprint density at radius 1 is 0.938 bits per heavy atom. The number of aromatic nitrogens is 1. The highest BCUT2D eigenvalue weighted by molar-refractivity contribution is 9.10. The maximum atomic E-state index is 13.4. The van der Waals surface area contributed by atoms with Gasteiger partial charge in [-0.2, -0.15) is 0 Å². The molecular formula is C22H15BrFN3O3S2. The average molecular weight is 532 g/mol. The predicted molar refractivity (Wildman–Crippen MR) is 126 cm³/mol. The molecule has 162 valence electrons. The number of rotatable bonds is 5. The minimum absolute atomic E-state index is 0.0342. The number of benzene rings is 3. The van der Waals surface area contributed by atoms with Crippen molar-refractivity contribution in [3.8, 4) is 21.7 Å². The van der Waals surface area contributed by atoms with Crippen molar-refractivity contribution in [3.05, 3.63) is 88.1 Å². The van der Waals surface area contributed by atoms with Gasteiger partial charge in [0.15, 0.2) is 5.01 Å². The summed E-state index contributed by atoms with van der Waals surface area (Å²) in [5, 5.41) is 8.18. The largest absolute Gasteiger partial charge is 0.320 e. The summed E-state index contributed by atoms with van der Waals surface area (Å²) < 4.78 is 37.4. The first-order chi connectivity index (χ1) is 15.2. The van der Waals surface area contributed by atoms with Crippen LogP contribution in [0.2, 0.25) is 0 Å². The number of carbonyl (C=O) groups is 1. The van der Waals surface area contributed by atoms with E-state index in [1.807, 2.05) is 0 Å². The average Bonchev–Trinajstić information content (AvgIpc) is 3.21. The van der Waals surface area contributed by atoms with Crippen molar-refractivity contribution < 1.29 is 17.6 Å². The summed E-state index contributed by atoms with van der Waals surface area (Å²) in [4.78, 5) is 18.0. The van der Waals surface area contributed by atoms with E-state index in [4.69, 9.17) is 5.14 Å². The van der Waals surface area contributed by atoms with Crippen LogP contribution in [0.25, 0.3) is 21.7 Å². The van der Waals surface area contributed by atoms with Crippen LogP contribution in [0.4, 0.5) is 10.1 Å². The molecule has 10 heteroatoms. The van der Waals surface area contributed by atoms with Crippen molar-refractivity contribution in [2.24, 2.45) is 5.14 Å². The van der Waals surface area contributed by atoms with Crippen LogP contribution in [0.1, 0.15) is 9.80 Å². The molecular weight excluding hydrogens is 517 g/mol. The molecule has 3 N–H and O–H groups in total.